The van der Waals surface area contributed by atoms with E-state index < -0.39 is 18.0 Å². The van der Waals surface area contributed by atoms with Crippen LogP contribution in [0.5, 0.6) is 5.75 Å². The molecule has 156 valence electrons. The molecular formula is C20H31N3O5. The van der Waals surface area contributed by atoms with E-state index in [1.54, 1.807) is 45.5 Å². The molecule has 0 fully saturated rings. The fourth-order valence-corrected chi connectivity index (χ4v) is 2.60. The van der Waals surface area contributed by atoms with Crippen LogP contribution < -0.4 is 10.1 Å². The maximum atomic E-state index is 12.4. The predicted molar refractivity (Wildman–Crippen MR) is 105 cm³/mol. The molecule has 28 heavy (non-hydrogen) atoms. The topological polar surface area (TPSA) is 99.2 Å². The van der Waals surface area contributed by atoms with Crippen molar-refractivity contribution in [2.45, 2.75) is 45.6 Å². The summed E-state index contributed by atoms with van der Waals surface area (Å²) >= 11 is 0. The van der Waals surface area contributed by atoms with Gasteiger partial charge in [-0.2, -0.15) is 0 Å². The lowest BCUT2D eigenvalue weighted by molar-refractivity contribution is -0.153. The summed E-state index contributed by atoms with van der Waals surface area (Å²) < 4.78 is 5.11. The first-order chi connectivity index (χ1) is 13.1. The van der Waals surface area contributed by atoms with Crippen LogP contribution in [-0.2, 0) is 16.0 Å². The molecule has 0 unspecified atom stereocenters. The zero-order valence-electron chi connectivity index (χ0n) is 17.3. The van der Waals surface area contributed by atoms with Gasteiger partial charge in [-0.1, -0.05) is 32.4 Å². The van der Waals surface area contributed by atoms with Crippen molar-refractivity contribution in [1.82, 2.24) is 15.3 Å². The first-order valence-corrected chi connectivity index (χ1v) is 9.32. The monoisotopic (exact) mass is 393 g/mol. The quantitative estimate of drug-likeness (QED) is 0.496. The van der Waals surface area contributed by atoms with Crippen molar-refractivity contribution in [2.24, 2.45) is 5.92 Å². The fourth-order valence-electron chi connectivity index (χ4n) is 2.60. The fraction of sp³-hybridized carbons (Fsp3) is 0.550. The van der Waals surface area contributed by atoms with Gasteiger partial charge in [0, 0.05) is 26.9 Å². The highest BCUT2D eigenvalue weighted by atomic mass is 16.5. The lowest BCUT2D eigenvalue weighted by atomic mass is 10.0. The number of imide groups is 1. The van der Waals surface area contributed by atoms with E-state index in [1.807, 2.05) is 13.8 Å². The Hall–Kier alpha value is -2.61. The van der Waals surface area contributed by atoms with Crippen molar-refractivity contribution in [1.29, 1.82) is 0 Å². The second-order valence-electron chi connectivity index (χ2n) is 7.28. The molecule has 0 radical (unpaired) electrons. The highest BCUT2D eigenvalue weighted by molar-refractivity contribution is 5.95. The van der Waals surface area contributed by atoms with E-state index in [-0.39, 0.29) is 23.8 Å². The number of nitrogens with one attached hydrogen (secondary N) is 1. The number of nitrogens with zero attached hydrogens (tertiary/aromatic N) is 2. The number of likely N-dealkylation sites (N-methyl/N-ethyl adjacent to an activating group) is 1. The maximum absolute atomic E-state index is 12.4. The highest BCUT2D eigenvalue weighted by Gasteiger charge is 2.27. The number of hydroxylamine groups is 2. The number of hydrogen-bond acceptors (Lipinski definition) is 5. The Morgan fingerprint density at radius 3 is 2.25 bits per heavy atom. The van der Waals surface area contributed by atoms with E-state index in [1.165, 1.54) is 4.90 Å². The second-order valence-corrected chi connectivity index (χ2v) is 7.28. The number of carbonyl (C=O) groups is 3. The first-order valence-electron chi connectivity index (χ1n) is 9.32. The first kappa shape index (κ1) is 23.4. The van der Waals surface area contributed by atoms with Crippen LogP contribution in [0.3, 0.4) is 0 Å². The summed E-state index contributed by atoms with van der Waals surface area (Å²) in [6, 6.07) is 5.15. The van der Waals surface area contributed by atoms with Gasteiger partial charge in [-0.15, -0.1) is 5.06 Å². The Morgan fingerprint density at radius 2 is 1.75 bits per heavy atom. The molecule has 0 aliphatic heterocycles. The minimum Gasteiger partial charge on any atom is -0.497 e. The van der Waals surface area contributed by atoms with Gasteiger partial charge in [-0.3, -0.25) is 14.8 Å². The summed E-state index contributed by atoms with van der Waals surface area (Å²) in [7, 11) is 4.70. The molecule has 1 aromatic rings. The number of carbonyl (C=O) groups excluding carboxylic acids is 3. The van der Waals surface area contributed by atoms with E-state index in [4.69, 9.17) is 4.74 Å². The summed E-state index contributed by atoms with van der Waals surface area (Å²) in [6.07, 6.45) is 1.67. The number of ether oxygens (including phenoxy) is 1. The van der Waals surface area contributed by atoms with Gasteiger partial charge in [0.05, 0.1) is 7.11 Å². The van der Waals surface area contributed by atoms with Crippen LogP contribution in [0.15, 0.2) is 24.3 Å². The van der Waals surface area contributed by atoms with E-state index >= 15 is 0 Å². The van der Waals surface area contributed by atoms with Crippen LogP contribution in [0.25, 0.3) is 0 Å². The smallest absolute Gasteiger partial charge is 0.349 e. The highest BCUT2D eigenvalue weighted by Crippen LogP contribution is 2.14. The molecule has 0 saturated heterocycles. The molecule has 0 aliphatic rings. The van der Waals surface area contributed by atoms with Gasteiger partial charge in [0.2, 0.25) is 5.91 Å². The van der Waals surface area contributed by atoms with Crippen LogP contribution in [-0.4, -0.2) is 60.3 Å². The van der Waals surface area contributed by atoms with Crippen molar-refractivity contribution < 1.29 is 24.3 Å². The van der Waals surface area contributed by atoms with E-state index in [2.05, 4.69) is 5.32 Å². The average Bonchev–Trinajstić information content (AvgIpc) is 2.66. The summed E-state index contributed by atoms with van der Waals surface area (Å²) in [4.78, 5) is 38.0. The Bertz CT molecular complexity index is 658. The van der Waals surface area contributed by atoms with Gasteiger partial charge in [-0.25, -0.2) is 4.79 Å². The Labute approximate surface area is 166 Å². The van der Waals surface area contributed by atoms with Crippen LogP contribution >= 0.6 is 0 Å². The van der Waals surface area contributed by atoms with Crippen molar-refractivity contribution >= 4 is 17.8 Å². The molecule has 0 heterocycles. The molecule has 0 aromatic heterocycles. The summed E-state index contributed by atoms with van der Waals surface area (Å²) in [5, 5.41) is 12.4. The molecule has 0 spiro atoms. The molecule has 0 bridgehead atoms. The van der Waals surface area contributed by atoms with Crippen LogP contribution in [0.4, 0.5) is 4.79 Å². The number of hydrogen-bond donors (Lipinski definition) is 2. The second kappa shape index (κ2) is 11.3. The minimum atomic E-state index is -1.01. The van der Waals surface area contributed by atoms with Gasteiger partial charge in [0.1, 0.15) is 11.8 Å². The Kier molecular flexibility index (Phi) is 9.44. The number of benzene rings is 1. The van der Waals surface area contributed by atoms with Gasteiger partial charge in [-0.05, 0) is 30.0 Å². The third-order valence-electron chi connectivity index (χ3n) is 4.24. The zero-order valence-corrected chi connectivity index (χ0v) is 17.3. The van der Waals surface area contributed by atoms with Crippen molar-refractivity contribution in [3.8, 4) is 5.75 Å². The van der Waals surface area contributed by atoms with Crippen molar-refractivity contribution in [3.05, 3.63) is 29.8 Å². The number of urea groups is 1. The normalized spacial score (nSPS) is 11.7. The standard InChI is InChI=1S/C20H31N3O5/c1-14(2)7-6-8-18(24)23(27)20(26)21-17(19(25)22(3)4)13-15-9-11-16(28-5)12-10-15/h9-12,14,17,27H,6-8,13H2,1-5H3,(H,21,26)/t17-/m0/s1. The molecule has 0 aliphatic carbocycles. The van der Waals surface area contributed by atoms with Gasteiger partial charge in [0.25, 0.3) is 5.91 Å². The molecule has 1 rings (SSSR count). The molecule has 8 nitrogen and oxygen atoms in total. The number of rotatable bonds is 9. The molecule has 1 atom stereocenters. The van der Waals surface area contributed by atoms with Gasteiger partial charge >= 0.3 is 6.03 Å². The van der Waals surface area contributed by atoms with Crippen LogP contribution in [0, 0.1) is 5.92 Å². The minimum absolute atomic E-state index is 0.0598. The van der Waals surface area contributed by atoms with Gasteiger partial charge < -0.3 is 15.0 Å². The van der Waals surface area contributed by atoms with Crippen LogP contribution in [0.1, 0.15) is 38.7 Å². The molecular weight excluding hydrogens is 362 g/mol. The van der Waals surface area contributed by atoms with Crippen LogP contribution in [0.2, 0.25) is 0 Å². The SMILES string of the molecule is COc1ccc(C[C@H](NC(=O)N(O)C(=O)CCCC(C)C)C(=O)N(C)C)cc1. The maximum Gasteiger partial charge on any atom is 0.349 e. The van der Waals surface area contributed by atoms with E-state index in [0.717, 1.165) is 12.0 Å². The average molecular weight is 393 g/mol. The van der Waals surface area contributed by atoms with Gasteiger partial charge in [0.15, 0.2) is 0 Å². The third kappa shape index (κ3) is 7.56. The summed E-state index contributed by atoms with van der Waals surface area (Å²) in [5.74, 6) is 0.0700. The third-order valence-corrected chi connectivity index (χ3v) is 4.24. The molecule has 8 heteroatoms. The Balaban J connectivity index is 2.77. The van der Waals surface area contributed by atoms with Crippen molar-refractivity contribution in [3.63, 3.8) is 0 Å². The Morgan fingerprint density at radius 1 is 1.14 bits per heavy atom. The summed E-state index contributed by atoms with van der Waals surface area (Å²) in [6.45, 7) is 4.06. The van der Waals surface area contributed by atoms with E-state index in [9.17, 15) is 19.6 Å². The number of methoxy groups -OCH3 is 1. The molecule has 0 saturated carbocycles. The van der Waals surface area contributed by atoms with Crippen molar-refractivity contribution in [2.75, 3.05) is 21.2 Å². The lowest BCUT2D eigenvalue weighted by Crippen LogP contribution is -2.52. The lowest BCUT2D eigenvalue weighted by Gasteiger charge is -2.23. The predicted octanol–water partition coefficient (Wildman–Crippen LogP) is 2.45. The molecule has 2 N–H and O–H groups in total. The zero-order chi connectivity index (χ0) is 21.3. The molecule has 4 amide bonds. The summed E-state index contributed by atoms with van der Waals surface area (Å²) in [5.41, 5.74) is 0.800. The molecule has 1 aromatic carbocycles. The number of amides is 4. The largest absolute Gasteiger partial charge is 0.497 e. The van der Waals surface area contributed by atoms with E-state index in [0.29, 0.717) is 18.1 Å².